The zero-order valence-corrected chi connectivity index (χ0v) is 10.00. The molecule has 0 saturated heterocycles. The molecule has 1 atom stereocenters. The first-order valence-electron chi connectivity index (χ1n) is 4.64. The van der Waals surface area contributed by atoms with Gasteiger partial charge in [-0.25, -0.2) is 4.79 Å². The Morgan fingerprint density at radius 3 is 2.44 bits per heavy atom. The van der Waals surface area contributed by atoms with Crippen molar-refractivity contribution in [1.82, 2.24) is 0 Å². The first-order valence-corrected chi connectivity index (χ1v) is 5.02. The van der Waals surface area contributed by atoms with Gasteiger partial charge < -0.3 is 14.9 Å². The van der Waals surface area contributed by atoms with Crippen molar-refractivity contribution in [2.24, 2.45) is 0 Å². The van der Waals surface area contributed by atoms with Crippen LogP contribution in [-0.2, 0) is 4.79 Å². The van der Waals surface area contributed by atoms with E-state index in [2.05, 4.69) is 0 Å². The lowest BCUT2D eigenvalue weighted by atomic mass is 9.99. The second kappa shape index (κ2) is 4.72. The summed E-state index contributed by atoms with van der Waals surface area (Å²) in [5, 5.41) is 18.7. The Bertz CT molecular complexity index is 428. The van der Waals surface area contributed by atoms with Crippen molar-refractivity contribution in [2.75, 3.05) is 7.11 Å². The highest BCUT2D eigenvalue weighted by Crippen LogP contribution is 2.37. The van der Waals surface area contributed by atoms with E-state index in [9.17, 15) is 9.90 Å². The van der Waals surface area contributed by atoms with Gasteiger partial charge in [-0.1, -0.05) is 17.7 Å². The molecule has 1 aromatic rings. The molecule has 5 heteroatoms. The molecular weight excluding hydrogens is 232 g/mol. The summed E-state index contributed by atoms with van der Waals surface area (Å²) < 4.78 is 5.05. The number of carboxylic acids is 1. The maximum atomic E-state index is 10.8. The summed E-state index contributed by atoms with van der Waals surface area (Å²) in [6.45, 7) is 3.49. The monoisotopic (exact) mass is 244 g/mol. The minimum absolute atomic E-state index is 0.200. The summed E-state index contributed by atoms with van der Waals surface area (Å²) in [5.41, 5.74) is 1.61. The van der Waals surface area contributed by atoms with Crippen LogP contribution in [0, 0.1) is 13.8 Å². The van der Waals surface area contributed by atoms with Crippen LogP contribution in [0.2, 0.25) is 5.02 Å². The van der Waals surface area contributed by atoms with E-state index >= 15 is 0 Å². The molecule has 0 aliphatic heterocycles. The summed E-state index contributed by atoms with van der Waals surface area (Å²) in [6, 6.07) is 1.71. The van der Waals surface area contributed by atoms with E-state index < -0.39 is 12.1 Å². The van der Waals surface area contributed by atoms with Gasteiger partial charge in [-0.3, -0.25) is 0 Å². The van der Waals surface area contributed by atoms with Crippen LogP contribution in [-0.4, -0.2) is 23.3 Å². The summed E-state index contributed by atoms with van der Waals surface area (Å²) in [6.07, 6.45) is -1.63. The maximum Gasteiger partial charge on any atom is 0.337 e. The number of carboxylic acid groups (broad SMARTS) is 1. The van der Waals surface area contributed by atoms with Gasteiger partial charge in [-0.05, 0) is 25.0 Å². The molecular formula is C11H13ClO4. The Morgan fingerprint density at radius 2 is 2.00 bits per heavy atom. The average Bonchev–Trinajstić information content (AvgIpc) is 2.21. The SMILES string of the molecule is COc1c(Cl)c(C)cc(C)c1C(O)C(=O)O. The van der Waals surface area contributed by atoms with Crippen molar-refractivity contribution in [3.8, 4) is 5.75 Å². The molecule has 0 bridgehead atoms. The molecule has 0 saturated carbocycles. The van der Waals surface area contributed by atoms with Gasteiger partial charge in [0, 0.05) is 5.56 Å². The molecule has 0 fully saturated rings. The molecule has 0 spiro atoms. The Kier molecular flexibility index (Phi) is 3.78. The highest BCUT2D eigenvalue weighted by molar-refractivity contribution is 6.33. The van der Waals surface area contributed by atoms with Gasteiger partial charge in [0.15, 0.2) is 6.10 Å². The number of rotatable bonds is 3. The lowest BCUT2D eigenvalue weighted by Crippen LogP contribution is -2.13. The van der Waals surface area contributed by atoms with Crippen molar-refractivity contribution in [3.63, 3.8) is 0 Å². The summed E-state index contributed by atoms with van der Waals surface area (Å²) in [7, 11) is 1.39. The largest absolute Gasteiger partial charge is 0.495 e. The van der Waals surface area contributed by atoms with E-state index in [1.807, 2.05) is 0 Å². The van der Waals surface area contributed by atoms with Gasteiger partial charge in [-0.2, -0.15) is 0 Å². The fourth-order valence-corrected chi connectivity index (χ4v) is 1.84. The van der Waals surface area contributed by atoms with Crippen molar-refractivity contribution in [1.29, 1.82) is 0 Å². The third kappa shape index (κ3) is 2.13. The molecule has 2 N–H and O–H groups in total. The number of benzene rings is 1. The van der Waals surface area contributed by atoms with Crippen LogP contribution in [0.3, 0.4) is 0 Å². The van der Waals surface area contributed by atoms with E-state index in [1.165, 1.54) is 7.11 Å². The molecule has 0 radical (unpaired) electrons. The van der Waals surface area contributed by atoms with E-state index in [4.69, 9.17) is 21.4 Å². The smallest absolute Gasteiger partial charge is 0.337 e. The van der Waals surface area contributed by atoms with Crippen molar-refractivity contribution in [2.45, 2.75) is 20.0 Å². The van der Waals surface area contributed by atoms with Crippen LogP contribution >= 0.6 is 11.6 Å². The standard InChI is InChI=1S/C11H13ClO4/c1-5-4-6(2)8(12)10(16-3)7(5)9(13)11(14)15/h4,9,13H,1-3H3,(H,14,15). The van der Waals surface area contributed by atoms with E-state index in [0.717, 1.165) is 5.56 Å². The molecule has 0 aliphatic carbocycles. The van der Waals surface area contributed by atoms with Crippen molar-refractivity contribution in [3.05, 3.63) is 27.8 Å². The molecule has 0 aromatic heterocycles. The fourth-order valence-electron chi connectivity index (χ4n) is 1.61. The molecule has 0 heterocycles. The molecule has 88 valence electrons. The highest BCUT2D eigenvalue weighted by atomic mass is 35.5. The Hall–Kier alpha value is -1.26. The van der Waals surface area contributed by atoms with Crippen LogP contribution in [0.5, 0.6) is 5.75 Å². The molecule has 1 aromatic carbocycles. The van der Waals surface area contributed by atoms with Crippen LogP contribution in [0.25, 0.3) is 0 Å². The zero-order valence-electron chi connectivity index (χ0n) is 9.24. The average molecular weight is 245 g/mol. The number of hydrogen-bond acceptors (Lipinski definition) is 3. The van der Waals surface area contributed by atoms with Gasteiger partial charge in [-0.15, -0.1) is 0 Å². The second-order valence-corrected chi connectivity index (χ2v) is 3.89. The minimum atomic E-state index is -1.63. The number of halogens is 1. The van der Waals surface area contributed by atoms with Crippen molar-refractivity contribution < 1.29 is 19.7 Å². The number of aliphatic carboxylic acids is 1. The Balaban J connectivity index is 3.48. The third-order valence-corrected chi connectivity index (χ3v) is 2.83. The van der Waals surface area contributed by atoms with Gasteiger partial charge in [0.05, 0.1) is 12.1 Å². The van der Waals surface area contributed by atoms with Crippen LogP contribution < -0.4 is 4.74 Å². The number of aryl methyl sites for hydroxylation is 2. The van der Waals surface area contributed by atoms with Gasteiger partial charge >= 0.3 is 5.97 Å². The zero-order chi connectivity index (χ0) is 12.5. The normalized spacial score (nSPS) is 12.3. The maximum absolute atomic E-state index is 10.8. The lowest BCUT2D eigenvalue weighted by molar-refractivity contribution is -0.147. The van der Waals surface area contributed by atoms with E-state index in [1.54, 1.807) is 19.9 Å². The van der Waals surface area contributed by atoms with Crippen molar-refractivity contribution >= 4 is 17.6 Å². The fraction of sp³-hybridized carbons (Fsp3) is 0.364. The topological polar surface area (TPSA) is 66.8 Å². The molecule has 1 rings (SSSR count). The lowest BCUT2D eigenvalue weighted by Gasteiger charge is -2.17. The summed E-state index contributed by atoms with van der Waals surface area (Å²) >= 11 is 5.99. The molecule has 0 amide bonds. The predicted molar refractivity (Wildman–Crippen MR) is 60.1 cm³/mol. The highest BCUT2D eigenvalue weighted by Gasteiger charge is 2.25. The second-order valence-electron chi connectivity index (χ2n) is 3.51. The van der Waals surface area contributed by atoms with Gasteiger partial charge in [0.25, 0.3) is 0 Å². The quantitative estimate of drug-likeness (QED) is 0.854. The number of aliphatic hydroxyl groups excluding tert-OH is 1. The van der Waals surface area contributed by atoms with Crippen LogP contribution in [0.4, 0.5) is 0 Å². The first kappa shape index (κ1) is 12.8. The van der Waals surface area contributed by atoms with Gasteiger partial charge in [0.1, 0.15) is 5.75 Å². The molecule has 1 unspecified atom stereocenters. The van der Waals surface area contributed by atoms with Crippen LogP contribution in [0.15, 0.2) is 6.07 Å². The molecule has 16 heavy (non-hydrogen) atoms. The predicted octanol–water partition coefficient (Wildman–Crippen LogP) is 2.08. The van der Waals surface area contributed by atoms with Gasteiger partial charge in [0.2, 0.25) is 0 Å². The molecule has 0 aliphatic rings. The number of ether oxygens (including phenoxy) is 1. The Labute approximate surface area is 98.4 Å². The van der Waals surface area contributed by atoms with Crippen LogP contribution in [0.1, 0.15) is 22.8 Å². The van der Waals surface area contributed by atoms with E-state index in [0.29, 0.717) is 10.6 Å². The minimum Gasteiger partial charge on any atom is -0.495 e. The number of hydrogen-bond donors (Lipinski definition) is 2. The Morgan fingerprint density at radius 1 is 1.44 bits per heavy atom. The van der Waals surface area contributed by atoms with E-state index in [-0.39, 0.29) is 11.3 Å². The first-order chi connectivity index (χ1) is 7.40. The number of carbonyl (C=O) groups is 1. The number of methoxy groups -OCH3 is 1. The summed E-state index contributed by atoms with van der Waals surface area (Å²) in [4.78, 5) is 10.8. The number of aliphatic hydroxyl groups is 1. The third-order valence-electron chi connectivity index (χ3n) is 2.36. The molecule has 4 nitrogen and oxygen atoms in total. The summed E-state index contributed by atoms with van der Waals surface area (Å²) in [5.74, 6) is -1.12.